The van der Waals surface area contributed by atoms with Gasteiger partial charge < -0.3 is 9.47 Å². The van der Waals surface area contributed by atoms with Crippen molar-refractivity contribution in [3.05, 3.63) is 91.0 Å². The molecule has 5 saturated carbocycles. The molecule has 3 aromatic rings. The first-order valence-electron chi connectivity index (χ1n) is 22.0. The lowest BCUT2D eigenvalue weighted by Crippen LogP contribution is -2.67. The Morgan fingerprint density at radius 3 is 1.79 bits per heavy atom. The molecule has 0 saturated heterocycles. The third kappa shape index (κ3) is 5.75. The third-order valence-electron chi connectivity index (χ3n) is 18.2. The quantitative estimate of drug-likeness (QED) is 0.169. The summed E-state index contributed by atoms with van der Waals surface area (Å²) in [5.74, 6) is 2.70. The minimum atomic E-state index is -2.05. The van der Waals surface area contributed by atoms with Crippen LogP contribution in [0.2, 0.25) is 0 Å². The molecular formula is C51H68O4P+. The monoisotopic (exact) mass is 775 g/mol. The van der Waals surface area contributed by atoms with E-state index in [0.29, 0.717) is 35.5 Å². The lowest BCUT2D eigenvalue weighted by atomic mass is 9.32. The molecule has 0 bridgehead atoms. The molecule has 56 heavy (non-hydrogen) atoms. The Bertz CT molecular complexity index is 1800. The summed E-state index contributed by atoms with van der Waals surface area (Å²) in [4.78, 5) is 26.6. The van der Waals surface area contributed by atoms with Crippen molar-refractivity contribution in [3.8, 4) is 0 Å². The summed E-state index contributed by atoms with van der Waals surface area (Å²) in [7, 11) is -0.409. The molecule has 5 aliphatic carbocycles. The van der Waals surface area contributed by atoms with Gasteiger partial charge in [-0.05, 0) is 152 Å². The lowest BCUT2D eigenvalue weighted by Gasteiger charge is -2.72. The lowest BCUT2D eigenvalue weighted by molar-refractivity contribution is -0.251. The largest absolute Gasteiger partial charge is 0.469 e. The molecule has 5 heteroatoms. The Morgan fingerprint density at radius 1 is 0.679 bits per heavy atom. The second-order valence-electron chi connectivity index (χ2n) is 20.5. The van der Waals surface area contributed by atoms with E-state index in [0.717, 1.165) is 44.7 Å². The van der Waals surface area contributed by atoms with Gasteiger partial charge in [0.1, 0.15) is 29.3 Å². The van der Waals surface area contributed by atoms with Crippen molar-refractivity contribution < 1.29 is 19.1 Å². The highest BCUT2D eigenvalue weighted by Gasteiger charge is 2.73. The number of carbonyl (C=O) groups excluding carboxylic acids is 2. The van der Waals surface area contributed by atoms with Crippen molar-refractivity contribution in [2.75, 3.05) is 13.3 Å². The fourth-order valence-electron chi connectivity index (χ4n) is 15.6. The summed E-state index contributed by atoms with van der Waals surface area (Å²) in [6.45, 7) is 16.9. The minimum Gasteiger partial charge on any atom is -0.469 e. The number of benzene rings is 3. The van der Waals surface area contributed by atoms with E-state index >= 15 is 0 Å². The van der Waals surface area contributed by atoms with E-state index in [1.54, 1.807) is 14.0 Å². The molecule has 4 nitrogen and oxygen atoms in total. The van der Waals surface area contributed by atoms with Gasteiger partial charge in [0.05, 0.1) is 18.7 Å². The predicted molar refractivity (Wildman–Crippen MR) is 231 cm³/mol. The van der Waals surface area contributed by atoms with Gasteiger partial charge in [-0.3, -0.25) is 9.59 Å². The standard InChI is InChI=1S/C51H68O4P/c1-35(34-56(37-18-12-9-13-19-37,38-20-14-10-15-21-38)39-22-16-11-17-23-39)40-26-31-51(46(53)54-8)33-32-49(6)41(45(40)51)24-25-43-48(5)29-28-44(55-36(2)52)47(3,4)42(48)27-30-50(43,49)7/h9-23,35,40-45H,24-34H2,1-8H3/q+1/t35?,40?,41?,42?,43?,44-,45?,48-,49+,50+,51-/m0/s1. The smallest absolute Gasteiger partial charge is 0.312 e. The van der Waals surface area contributed by atoms with Crippen LogP contribution in [0.4, 0.5) is 0 Å². The predicted octanol–water partition coefficient (Wildman–Crippen LogP) is 10.8. The van der Waals surface area contributed by atoms with E-state index in [9.17, 15) is 9.59 Å². The van der Waals surface area contributed by atoms with Crippen LogP contribution < -0.4 is 15.9 Å². The molecule has 0 heterocycles. The number of hydrogen-bond acceptors (Lipinski definition) is 4. The Hall–Kier alpha value is -2.97. The first-order chi connectivity index (χ1) is 26.7. The zero-order valence-corrected chi connectivity index (χ0v) is 36.5. The second kappa shape index (κ2) is 14.4. The van der Waals surface area contributed by atoms with Gasteiger partial charge in [0.15, 0.2) is 0 Å². The summed E-state index contributed by atoms with van der Waals surface area (Å²) < 4.78 is 11.9. The molecule has 5 aliphatic rings. The van der Waals surface area contributed by atoms with Gasteiger partial charge in [-0.25, -0.2) is 0 Å². The number of esters is 2. The summed E-state index contributed by atoms with van der Waals surface area (Å²) in [6, 6.07) is 34.1. The fourth-order valence-corrected chi connectivity index (χ4v) is 20.3. The normalized spacial score (nSPS) is 37.9. The van der Waals surface area contributed by atoms with Crippen LogP contribution in [-0.2, 0) is 19.1 Å². The summed E-state index contributed by atoms with van der Waals surface area (Å²) >= 11 is 0. The summed E-state index contributed by atoms with van der Waals surface area (Å²) in [6.07, 6.45) is 12.1. The molecule has 0 amide bonds. The van der Waals surface area contributed by atoms with E-state index in [2.05, 4.69) is 133 Å². The number of carbonyl (C=O) groups is 2. The van der Waals surface area contributed by atoms with Crippen LogP contribution in [0.15, 0.2) is 91.0 Å². The maximum Gasteiger partial charge on any atom is 0.312 e. The van der Waals surface area contributed by atoms with Crippen LogP contribution in [0.5, 0.6) is 0 Å². The number of hydrogen-bond donors (Lipinski definition) is 0. The maximum absolute atomic E-state index is 14.4. The zero-order valence-electron chi connectivity index (χ0n) is 35.6. The Morgan fingerprint density at radius 2 is 1.25 bits per heavy atom. The van der Waals surface area contributed by atoms with Crippen molar-refractivity contribution in [2.24, 2.45) is 62.6 Å². The molecule has 8 rings (SSSR count). The van der Waals surface area contributed by atoms with Gasteiger partial charge >= 0.3 is 11.9 Å². The molecule has 0 aliphatic heterocycles. The highest BCUT2D eigenvalue weighted by Crippen LogP contribution is 2.78. The van der Waals surface area contributed by atoms with E-state index in [1.807, 2.05) is 0 Å². The van der Waals surface area contributed by atoms with Gasteiger partial charge in [0.25, 0.3) is 0 Å². The van der Waals surface area contributed by atoms with Crippen molar-refractivity contribution in [1.29, 1.82) is 0 Å². The van der Waals surface area contributed by atoms with Crippen LogP contribution in [0, 0.1) is 62.6 Å². The van der Waals surface area contributed by atoms with E-state index in [4.69, 9.17) is 9.47 Å². The SMILES string of the molecule is COC(=O)[C@]12CCC(C(C)C[P+](c3ccccc3)(c3ccccc3)c3ccccc3)C1C1CCC3[C@@]4(C)CC[C@H](OC(C)=O)C(C)(C)C4CC[C@@]3(C)[C@]1(C)CC2. The highest BCUT2D eigenvalue weighted by molar-refractivity contribution is 7.95. The van der Waals surface area contributed by atoms with Crippen molar-refractivity contribution >= 4 is 35.1 Å². The minimum absolute atomic E-state index is 0.0111. The molecule has 0 N–H and O–H groups in total. The fraction of sp³-hybridized carbons (Fsp3) is 0.608. The second-order valence-corrected chi connectivity index (χ2v) is 24.0. The van der Waals surface area contributed by atoms with Crippen LogP contribution >= 0.6 is 7.26 Å². The van der Waals surface area contributed by atoms with Crippen molar-refractivity contribution in [1.82, 2.24) is 0 Å². The number of rotatable bonds is 8. The molecule has 0 aromatic heterocycles. The van der Waals surface area contributed by atoms with E-state index < -0.39 is 12.7 Å². The van der Waals surface area contributed by atoms with Crippen LogP contribution in [0.25, 0.3) is 0 Å². The molecule has 0 spiro atoms. The Kier molecular flexibility index (Phi) is 10.2. The molecule has 3 aromatic carbocycles. The topological polar surface area (TPSA) is 52.6 Å². The number of fused-ring (bicyclic) bond motifs is 7. The van der Waals surface area contributed by atoms with Gasteiger partial charge in [0.2, 0.25) is 0 Å². The van der Waals surface area contributed by atoms with Gasteiger partial charge in [-0.2, -0.15) is 0 Å². The summed E-state index contributed by atoms with van der Waals surface area (Å²) in [5, 5.41) is 4.33. The Balaban J connectivity index is 1.19. The number of ether oxygens (including phenoxy) is 2. The van der Waals surface area contributed by atoms with Gasteiger partial charge in [-0.15, -0.1) is 0 Å². The van der Waals surface area contributed by atoms with Crippen LogP contribution in [0.3, 0.4) is 0 Å². The zero-order chi connectivity index (χ0) is 39.7. The van der Waals surface area contributed by atoms with Gasteiger partial charge in [-0.1, -0.05) is 96.1 Å². The maximum atomic E-state index is 14.4. The van der Waals surface area contributed by atoms with E-state index in [-0.39, 0.29) is 39.7 Å². The van der Waals surface area contributed by atoms with Crippen molar-refractivity contribution in [2.45, 2.75) is 119 Å². The highest BCUT2D eigenvalue weighted by atomic mass is 31.2. The average molecular weight is 776 g/mol. The first-order valence-corrected chi connectivity index (χ1v) is 24.0. The molecule has 6 unspecified atom stereocenters. The average Bonchev–Trinajstić information content (AvgIpc) is 3.60. The van der Waals surface area contributed by atoms with Crippen molar-refractivity contribution in [3.63, 3.8) is 0 Å². The number of methoxy groups -OCH3 is 1. The molecule has 11 atom stereocenters. The molecule has 5 fully saturated rings. The third-order valence-corrected chi connectivity index (χ3v) is 22.9. The molecular weight excluding hydrogens is 708 g/mol. The molecule has 300 valence electrons. The molecule has 0 radical (unpaired) electrons. The van der Waals surface area contributed by atoms with Gasteiger partial charge in [0, 0.05) is 12.3 Å². The van der Waals surface area contributed by atoms with E-state index in [1.165, 1.54) is 41.6 Å². The summed E-state index contributed by atoms with van der Waals surface area (Å²) in [5.41, 5.74) is 0.0577. The Labute approximate surface area is 338 Å². The van der Waals surface area contributed by atoms with Crippen LogP contribution in [-0.4, -0.2) is 31.3 Å². The first kappa shape index (κ1) is 39.8. The van der Waals surface area contributed by atoms with Crippen LogP contribution in [0.1, 0.15) is 113 Å².